The molecular weight excluding hydrogens is 314 g/mol. The van der Waals surface area contributed by atoms with Crippen molar-refractivity contribution < 1.29 is 5.11 Å². The molecule has 94 valence electrons. The summed E-state index contributed by atoms with van der Waals surface area (Å²) in [6.45, 7) is 2.51. The molecule has 2 aromatic rings. The maximum absolute atomic E-state index is 9.76. The summed E-state index contributed by atoms with van der Waals surface area (Å²) in [6.07, 6.45) is 0. The van der Waals surface area contributed by atoms with Crippen molar-refractivity contribution in [1.82, 2.24) is 0 Å². The maximum atomic E-state index is 9.76. The molecule has 2 N–H and O–H groups in total. The van der Waals surface area contributed by atoms with Gasteiger partial charge in [-0.15, -0.1) is 0 Å². The molecule has 18 heavy (non-hydrogen) atoms. The number of rotatable bonds is 3. The molecule has 0 saturated heterocycles. The Kier molecular flexibility index (Phi) is 4.15. The molecule has 0 radical (unpaired) electrons. The first kappa shape index (κ1) is 13.2. The molecule has 4 heteroatoms. The summed E-state index contributed by atoms with van der Waals surface area (Å²) in [6, 6.07) is 11.2. The number of phenols is 1. The molecule has 0 aliphatic carbocycles. The van der Waals surface area contributed by atoms with Gasteiger partial charge in [0, 0.05) is 27.3 Å². The van der Waals surface area contributed by atoms with Crippen molar-refractivity contribution in [1.29, 1.82) is 0 Å². The van der Waals surface area contributed by atoms with E-state index in [1.54, 1.807) is 18.2 Å². The molecule has 2 rings (SSSR count). The van der Waals surface area contributed by atoms with Gasteiger partial charge in [0.15, 0.2) is 0 Å². The molecule has 0 aromatic heterocycles. The second-order valence-electron chi connectivity index (χ2n) is 4.07. The number of halogens is 2. The van der Waals surface area contributed by atoms with Crippen LogP contribution in [0.2, 0.25) is 5.02 Å². The molecule has 0 heterocycles. The molecule has 0 aliphatic heterocycles. The van der Waals surface area contributed by atoms with Crippen LogP contribution in [0.4, 0.5) is 5.69 Å². The van der Waals surface area contributed by atoms with Gasteiger partial charge in [-0.3, -0.25) is 0 Å². The Morgan fingerprint density at radius 3 is 2.78 bits per heavy atom. The van der Waals surface area contributed by atoms with Crippen LogP contribution in [0.1, 0.15) is 11.1 Å². The molecule has 2 nitrogen and oxygen atoms in total. The molecular formula is C14H13BrClNO. The van der Waals surface area contributed by atoms with Crippen LogP contribution in [0.5, 0.6) is 5.75 Å². The Hall–Kier alpha value is -1.19. The normalized spacial score (nSPS) is 10.4. The summed E-state index contributed by atoms with van der Waals surface area (Å²) in [4.78, 5) is 0. The van der Waals surface area contributed by atoms with Crippen molar-refractivity contribution in [2.24, 2.45) is 0 Å². The van der Waals surface area contributed by atoms with Crippen LogP contribution in [-0.4, -0.2) is 5.11 Å². The minimum absolute atomic E-state index is 0.207. The molecule has 2 aromatic carbocycles. The number of hydrogen-bond donors (Lipinski definition) is 2. The van der Waals surface area contributed by atoms with E-state index < -0.39 is 0 Å². The predicted octanol–water partition coefficient (Wildman–Crippen LogP) is 4.73. The van der Waals surface area contributed by atoms with Crippen LogP contribution in [0, 0.1) is 6.92 Å². The van der Waals surface area contributed by atoms with E-state index in [-0.39, 0.29) is 5.75 Å². The first-order chi connectivity index (χ1) is 8.58. The van der Waals surface area contributed by atoms with Gasteiger partial charge < -0.3 is 10.4 Å². The fourth-order valence-corrected chi connectivity index (χ4v) is 2.30. The van der Waals surface area contributed by atoms with Gasteiger partial charge in [0.05, 0.1) is 0 Å². The van der Waals surface area contributed by atoms with Gasteiger partial charge in [-0.1, -0.05) is 23.7 Å². The molecule has 0 atom stereocenters. The largest absolute Gasteiger partial charge is 0.508 e. The third-order valence-electron chi connectivity index (χ3n) is 2.67. The van der Waals surface area contributed by atoms with E-state index in [1.807, 2.05) is 25.1 Å². The quantitative estimate of drug-likeness (QED) is 0.854. The Bertz CT molecular complexity index is 551. The van der Waals surface area contributed by atoms with E-state index in [2.05, 4.69) is 21.2 Å². The molecule has 0 amide bonds. The molecule has 0 saturated carbocycles. The lowest BCUT2D eigenvalue weighted by Crippen LogP contribution is -2.01. The standard InChI is InChI=1S/C14H13BrClNO/c1-9-5-6-11(15)13(7-9)17-8-10-12(16)3-2-4-14(10)18/h2-7,17-18H,8H2,1H3. The number of aromatic hydroxyl groups is 1. The fraction of sp³-hybridized carbons (Fsp3) is 0.143. The van der Waals surface area contributed by atoms with Gasteiger partial charge in [-0.25, -0.2) is 0 Å². The van der Waals surface area contributed by atoms with Gasteiger partial charge in [-0.05, 0) is 52.7 Å². The monoisotopic (exact) mass is 325 g/mol. The van der Waals surface area contributed by atoms with Crippen molar-refractivity contribution in [2.45, 2.75) is 13.5 Å². The summed E-state index contributed by atoms with van der Waals surface area (Å²) in [5.74, 6) is 0.207. The summed E-state index contributed by atoms with van der Waals surface area (Å²) < 4.78 is 0.986. The Labute approximate surface area is 120 Å². The van der Waals surface area contributed by atoms with E-state index in [0.29, 0.717) is 17.1 Å². The first-order valence-corrected chi connectivity index (χ1v) is 6.71. The molecule has 0 spiro atoms. The second-order valence-corrected chi connectivity index (χ2v) is 5.34. The van der Waals surface area contributed by atoms with E-state index in [1.165, 1.54) is 5.56 Å². The second kappa shape index (κ2) is 5.63. The number of aryl methyl sites for hydroxylation is 1. The van der Waals surface area contributed by atoms with Crippen molar-refractivity contribution in [3.63, 3.8) is 0 Å². The summed E-state index contributed by atoms with van der Waals surface area (Å²) in [5, 5.41) is 13.6. The minimum atomic E-state index is 0.207. The summed E-state index contributed by atoms with van der Waals surface area (Å²) >= 11 is 9.54. The van der Waals surface area contributed by atoms with Gasteiger partial charge in [0.1, 0.15) is 5.75 Å². The Balaban J connectivity index is 2.19. The minimum Gasteiger partial charge on any atom is -0.508 e. The summed E-state index contributed by atoms with van der Waals surface area (Å²) in [5.41, 5.74) is 2.85. The molecule has 0 bridgehead atoms. The van der Waals surface area contributed by atoms with Gasteiger partial charge in [-0.2, -0.15) is 0 Å². The third kappa shape index (κ3) is 2.98. The van der Waals surface area contributed by atoms with Crippen molar-refractivity contribution >= 4 is 33.2 Å². The zero-order chi connectivity index (χ0) is 13.1. The maximum Gasteiger partial charge on any atom is 0.122 e. The third-order valence-corrected chi connectivity index (χ3v) is 3.72. The van der Waals surface area contributed by atoms with E-state index in [9.17, 15) is 5.11 Å². The van der Waals surface area contributed by atoms with Crippen molar-refractivity contribution in [2.75, 3.05) is 5.32 Å². The zero-order valence-electron chi connectivity index (χ0n) is 9.87. The van der Waals surface area contributed by atoms with Crippen LogP contribution in [0.3, 0.4) is 0 Å². The summed E-state index contributed by atoms with van der Waals surface area (Å²) in [7, 11) is 0. The van der Waals surface area contributed by atoms with Gasteiger partial charge in [0.25, 0.3) is 0 Å². The highest BCUT2D eigenvalue weighted by atomic mass is 79.9. The number of anilines is 1. The molecule has 0 unspecified atom stereocenters. The van der Waals surface area contributed by atoms with Crippen LogP contribution in [-0.2, 0) is 6.54 Å². The number of phenolic OH excluding ortho intramolecular Hbond substituents is 1. The lowest BCUT2D eigenvalue weighted by atomic mass is 10.2. The topological polar surface area (TPSA) is 32.3 Å². The SMILES string of the molecule is Cc1ccc(Br)c(NCc2c(O)cccc2Cl)c1. The number of nitrogens with one attached hydrogen (secondary N) is 1. The molecule has 0 fully saturated rings. The average Bonchev–Trinajstić information content (AvgIpc) is 2.33. The van der Waals surface area contributed by atoms with E-state index in [0.717, 1.165) is 10.2 Å². The lowest BCUT2D eigenvalue weighted by molar-refractivity contribution is 0.469. The van der Waals surface area contributed by atoms with Crippen LogP contribution in [0.25, 0.3) is 0 Å². The van der Waals surface area contributed by atoms with Crippen molar-refractivity contribution in [3.8, 4) is 5.75 Å². The van der Waals surface area contributed by atoms with Crippen LogP contribution < -0.4 is 5.32 Å². The fourth-order valence-electron chi connectivity index (χ4n) is 1.68. The lowest BCUT2D eigenvalue weighted by Gasteiger charge is -2.11. The molecule has 0 aliphatic rings. The van der Waals surface area contributed by atoms with Gasteiger partial charge >= 0.3 is 0 Å². The Morgan fingerprint density at radius 1 is 1.28 bits per heavy atom. The highest BCUT2D eigenvalue weighted by Gasteiger charge is 2.07. The highest BCUT2D eigenvalue weighted by molar-refractivity contribution is 9.10. The van der Waals surface area contributed by atoms with Crippen molar-refractivity contribution in [3.05, 3.63) is 57.0 Å². The van der Waals surface area contributed by atoms with Gasteiger partial charge in [0.2, 0.25) is 0 Å². The van der Waals surface area contributed by atoms with E-state index >= 15 is 0 Å². The predicted molar refractivity (Wildman–Crippen MR) is 79.3 cm³/mol. The highest BCUT2D eigenvalue weighted by Crippen LogP contribution is 2.28. The average molecular weight is 327 g/mol. The number of benzene rings is 2. The van der Waals surface area contributed by atoms with Crippen LogP contribution >= 0.6 is 27.5 Å². The van der Waals surface area contributed by atoms with Crippen LogP contribution in [0.15, 0.2) is 40.9 Å². The smallest absolute Gasteiger partial charge is 0.122 e. The number of hydrogen-bond acceptors (Lipinski definition) is 2. The Morgan fingerprint density at radius 2 is 2.06 bits per heavy atom. The first-order valence-electron chi connectivity index (χ1n) is 5.54. The van der Waals surface area contributed by atoms with E-state index in [4.69, 9.17) is 11.6 Å². The zero-order valence-corrected chi connectivity index (χ0v) is 12.2.